The van der Waals surface area contributed by atoms with Crippen LogP contribution in [0.5, 0.6) is 0 Å². The molecular formula is C69H123N25O6. The molecule has 0 aliphatic carbocycles. The Balaban J connectivity index is 1.00. The van der Waals surface area contributed by atoms with Crippen LogP contribution in [0.3, 0.4) is 0 Å². The maximum Gasteiger partial charge on any atom is 0.229 e. The van der Waals surface area contributed by atoms with Gasteiger partial charge in [0.15, 0.2) is 0 Å². The summed E-state index contributed by atoms with van der Waals surface area (Å²) in [6.45, 7) is 49.8. The van der Waals surface area contributed by atoms with E-state index in [1.54, 1.807) is 0 Å². The highest BCUT2D eigenvalue weighted by molar-refractivity contribution is 5.47. The molecule has 31 heteroatoms. The molecule has 0 unspecified atom stereocenters. The van der Waals surface area contributed by atoms with E-state index >= 15 is 0 Å². The fraction of sp³-hybridized carbons (Fsp3) is 0.870. The van der Waals surface area contributed by atoms with Crippen LogP contribution in [0.2, 0.25) is 0 Å². The van der Waals surface area contributed by atoms with E-state index in [9.17, 15) is 31.2 Å². The highest BCUT2D eigenvalue weighted by Crippen LogP contribution is 2.44. The third-order valence-electron chi connectivity index (χ3n) is 21.6. The van der Waals surface area contributed by atoms with Crippen LogP contribution in [-0.2, 0) is 31.2 Å². The molecule has 0 saturated carbocycles. The van der Waals surface area contributed by atoms with Gasteiger partial charge in [0.05, 0.1) is 0 Å². The number of rotatable bonds is 24. The predicted molar refractivity (Wildman–Crippen MR) is 385 cm³/mol. The summed E-state index contributed by atoms with van der Waals surface area (Å²) in [5, 5.41) is 120. The first-order valence-electron chi connectivity index (χ1n) is 36.4. The number of piperidine rings is 6. The highest BCUT2D eigenvalue weighted by Gasteiger charge is 2.52. The summed E-state index contributed by atoms with van der Waals surface area (Å²) in [6.07, 6.45) is 6.75. The molecule has 9 heterocycles. The van der Waals surface area contributed by atoms with Gasteiger partial charge in [-0.3, -0.25) is 4.90 Å². The van der Waals surface area contributed by atoms with Gasteiger partial charge < -0.3 is 47.9 Å². The van der Waals surface area contributed by atoms with Gasteiger partial charge in [-0.25, -0.2) is 0 Å². The van der Waals surface area contributed by atoms with E-state index in [0.29, 0.717) is 170 Å². The van der Waals surface area contributed by atoms with Crippen molar-refractivity contribution in [1.29, 1.82) is 0 Å². The monoisotopic (exact) mass is 1400 g/mol. The Hall–Kier alpha value is -5.29. The zero-order chi connectivity index (χ0) is 74.2. The van der Waals surface area contributed by atoms with Crippen molar-refractivity contribution in [2.75, 3.05) is 87.1 Å². The van der Waals surface area contributed by atoms with Gasteiger partial charge in [-0.1, -0.05) is 0 Å². The van der Waals surface area contributed by atoms with Crippen molar-refractivity contribution >= 4 is 53.5 Å². The van der Waals surface area contributed by atoms with Gasteiger partial charge in [0.2, 0.25) is 53.5 Å². The summed E-state index contributed by atoms with van der Waals surface area (Å²) in [5.41, 5.74) is -7.78. The zero-order valence-electron chi connectivity index (χ0n) is 64.8. The summed E-state index contributed by atoms with van der Waals surface area (Å²) in [6, 6.07) is -0.740. The van der Waals surface area contributed by atoms with Gasteiger partial charge in [0.1, 0.15) is 0 Å². The number of aromatic nitrogens is 9. The maximum atomic E-state index is 13.5. The van der Waals surface area contributed by atoms with Crippen LogP contribution in [0.25, 0.3) is 0 Å². The third-order valence-corrected chi connectivity index (χ3v) is 21.6. The summed E-state index contributed by atoms with van der Waals surface area (Å²) >= 11 is 0. The number of hydrogen-bond donors (Lipinski definition) is 9. The Kier molecular flexibility index (Phi) is 22.3. The van der Waals surface area contributed by atoms with Crippen LogP contribution >= 0.6 is 0 Å². The number of hydrogen-bond acceptors (Lipinski definition) is 25. The van der Waals surface area contributed by atoms with E-state index in [0.717, 1.165) is 0 Å². The van der Waals surface area contributed by atoms with E-state index in [4.69, 9.17) is 44.9 Å². The lowest BCUT2D eigenvalue weighted by molar-refractivity contribution is -0.288. The average molecular weight is 1400 g/mol. The Bertz CT molecular complexity index is 2660. The molecule has 6 aliphatic heterocycles. The molecule has 0 bridgehead atoms. The molecule has 0 aromatic carbocycles. The maximum absolute atomic E-state index is 13.5. The lowest BCUT2D eigenvalue weighted by atomic mass is 9.79. The first kappa shape index (κ1) is 78.8. The third kappa shape index (κ3) is 18.6. The molecule has 0 amide bonds. The Morgan fingerprint density at radius 1 is 0.240 bits per heavy atom. The Labute approximate surface area is 595 Å². The molecule has 0 atom stereocenters. The minimum atomic E-state index is -0.648. The van der Waals surface area contributed by atoms with Crippen molar-refractivity contribution in [3.05, 3.63) is 0 Å². The molecule has 6 saturated heterocycles. The van der Waals surface area contributed by atoms with Gasteiger partial charge in [0.25, 0.3) is 0 Å². The van der Waals surface area contributed by atoms with Crippen LogP contribution in [0.1, 0.15) is 243 Å². The second-order valence-corrected chi connectivity index (χ2v) is 37.6. The van der Waals surface area contributed by atoms with Crippen molar-refractivity contribution in [3.8, 4) is 0 Å². The Morgan fingerprint density at radius 3 is 0.490 bits per heavy atom. The minimum Gasteiger partial charge on any atom is -0.353 e. The second kappa shape index (κ2) is 28.3. The van der Waals surface area contributed by atoms with Gasteiger partial charge in [0, 0.05) is 142 Å². The van der Waals surface area contributed by atoms with Crippen molar-refractivity contribution in [2.24, 2.45) is 0 Å². The molecule has 31 nitrogen and oxygen atoms in total. The average Bonchev–Trinajstić information content (AvgIpc) is 0.802. The topological polar surface area (TPSA) is 366 Å². The van der Waals surface area contributed by atoms with E-state index < -0.39 is 66.5 Å². The lowest BCUT2D eigenvalue weighted by Crippen LogP contribution is -2.61. The van der Waals surface area contributed by atoms with Gasteiger partial charge in [-0.05, 0) is 243 Å². The van der Waals surface area contributed by atoms with E-state index in [-0.39, 0.29) is 36.3 Å². The van der Waals surface area contributed by atoms with Crippen LogP contribution in [0.15, 0.2) is 0 Å². The molecule has 3 aromatic rings. The fourth-order valence-electron chi connectivity index (χ4n) is 18.4. The second-order valence-electron chi connectivity index (χ2n) is 37.6. The summed E-state index contributed by atoms with van der Waals surface area (Å²) < 4.78 is 0. The molecule has 9 N–H and O–H groups in total. The Morgan fingerprint density at radius 2 is 0.360 bits per heavy atom. The molecule has 6 fully saturated rings. The summed E-state index contributed by atoms with van der Waals surface area (Å²) in [5.74, 6) is 3.18. The van der Waals surface area contributed by atoms with E-state index in [1.165, 1.54) is 30.4 Å². The van der Waals surface area contributed by atoms with E-state index in [2.05, 4.69) is 52.8 Å². The van der Waals surface area contributed by atoms with Crippen molar-refractivity contribution < 1.29 is 31.2 Å². The molecule has 6 radical (unpaired) electrons. The molecule has 3 aromatic heterocycles. The van der Waals surface area contributed by atoms with E-state index in [1.807, 2.05) is 166 Å². The SMILES string of the molecule is CC1(C)CC(Nc2nc(NCCN(CCNc3nc(NC4CC(C)(C)N([O])C(C)(C)C4)nc(NC4CC(C)(C)N([O])C(C)(C)C4)n3)CCNc3nc(NC4CC(C)(C)N([O])C(C)(C)C4)nc(NC4CC(C)(C)N([O])C(C)(C)C4)n3)nc(NC3CC(C)(C)N([O])C(C)(C)C3)n2)CC(C)(C)N1[O]. The minimum absolute atomic E-state index is 0.123. The van der Waals surface area contributed by atoms with Crippen molar-refractivity contribution in [2.45, 2.75) is 346 Å². The normalized spacial score (nSPS) is 25.8. The predicted octanol–water partition coefficient (Wildman–Crippen LogP) is 9.85. The zero-order valence-corrected chi connectivity index (χ0v) is 64.8. The molecule has 9 rings (SSSR count). The lowest BCUT2D eigenvalue weighted by Gasteiger charge is -2.50. The quantitative estimate of drug-likeness (QED) is 0.0402. The van der Waals surface area contributed by atoms with Gasteiger partial charge in [-0.15, -0.1) is 61.6 Å². The summed E-state index contributed by atoms with van der Waals surface area (Å²) in [4.78, 5) is 46.9. The van der Waals surface area contributed by atoms with Gasteiger partial charge >= 0.3 is 0 Å². The van der Waals surface area contributed by atoms with Crippen molar-refractivity contribution in [1.82, 2.24) is 80.1 Å². The first-order valence-corrected chi connectivity index (χ1v) is 36.4. The molecule has 0 spiro atoms. The van der Waals surface area contributed by atoms with Crippen LogP contribution in [0, 0.1) is 0 Å². The molecular weight excluding hydrogens is 1270 g/mol. The molecule has 560 valence electrons. The standard InChI is InChI=1S/C69H123N25O6/c1-58(2)31-43(32-59(3,4)89(58)95)73-52-79-49(80-53(85-52)74-44-33-60(5,6)90(96)61(7,8)34-44)70-25-28-88(29-26-71-50-81-54(75-45-35-62(9,10)91(97)63(11,12)36-45)86-55(82-50)76-46-37-64(13,14)92(98)65(15,16)38-46)30-27-72-51-83-56(77-47-39-66(17,18)93(99)67(19,20)40-47)87-57(84-51)78-48-41-68(21,22)94(100)69(23,24)42-48/h43-48H,25-42H2,1-24H3,(H3,70,73,74,79,80,85)(H3,71,75,76,81,82,86)(H3,72,77,78,83,84,87). The van der Waals surface area contributed by atoms with Crippen LogP contribution < -0.4 is 47.9 Å². The number of nitrogens with one attached hydrogen (secondary N) is 9. The van der Waals surface area contributed by atoms with Gasteiger partial charge in [-0.2, -0.15) is 44.9 Å². The van der Waals surface area contributed by atoms with Crippen LogP contribution in [0.4, 0.5) is 53.5 Å². The van der Waals surface area contributed by atoms with Crippen LogP contribution in [-0.4, -0.2) is 222 Å². The van der Waals surface area contributed by atoms with Crippen molar-refractivity contribution in [3.63, 3.8) is 0 Å². The summed E-state index contributed by atoms with van der Waals surface area (Å²) in [7, 11) is 0. The smallest absolute Gasteiger partial charge is 0.229 e. The number of anilines is 9. The first-order chi connectivity index (χ1) is 45.8. The number of hydroxylamine groups is 12. The largest absolute Gasteiger partial charge is 0.353 e. The number of nitrogens with zero attached hydrogens (tertiary/aromatic N) is 16. The molecule has 6 aliphatic rings. The molecule has 100 heavy (non-hydrogen) atoms. The highest BCUT2D eigenvalue weighted by atomic mass is 16.5. The fourth-order valence-corrected chi connectivity index (χ4v) is 18.4.